The number of rotatable bonds is 5. The van der Waals surface area contributed by atoms with Crippen molar-refractivity contribution in [2.45, 2.75) is 6.92 Å². The molecule has 1 N–H and O–H groups in total. The molecule has 2 aromatic rings. The normalized spacial score (nSPS) is 10.8. The van der Waals surface area contributed by atoms with Crippen molar-refractivity contribution in [1.82, 2.24) is 0 Å². The molecule has 0 spiro atoms. The van der Waals surface area contributed by atoms with Gasteiger partial charge in [-0.15, -0.1) is 0 Å². The van der Waals surface area contributed by atoms with Gasteiger partial charge in [-0.3, -0.25) is 4.79 Å². The number of halogens is 2. The Labute approximate surface area is 153 Å². The van der Waals surface area contributed by atoms with Gasteiger partial charge in [0.25, 0.3) is 5.91 Å². The first-order chi connectivity index (χ1) is 11.5. The van der Waals surface area contributed by atoms with Gasteiger partial charge in [-0.05, 0) is 61.0 Å². The second-order valence-electron chi connectivity index (χ2n) is 4.78. The summed E-state index contributed by atoms with van der Waals surface area (Å²) in [6.07, 6.45) is 1.51. The molecule has 0 radical (unpaired) electrons. The van der Waals surface area contributed by atoms with Gasteiger partial charge in [-0.2, -0.15) is 5.26 Å². The molecular formula is C18H14BrClN2O2. The van der Waals surface area contributed by atoms with E-state index in [9.17, 15) is 10.1 Å². The van der Waals surface area contributed by atoms with Gasteiger partial charge < -0.3 is 10.1 Å². The van der Waals surface area contributed by atoms with Gasteiger partial charge in [-0.1, -0.05) is 27.5 Å². The van der Waals surface area contributed by atoms with Crippen molar-refractivity contribution >= 4 is 45.2 Å². The number of hydrogen-bond acceptors (Lipinski definition) is 3. The molecule has 0 bridgehead atoms. The van der Waals surface area contributed by atoms with Gasteiger partial charge in [0.05, 0.1) is 6.61 Å². The molecule has 6 heteroatoms. The molecule has 0 saturated heterocycles. The minimum absolute atomic E-state index is 0.00880. The molecular weight excluding hydrogens is 392 g/mol. The second-order valence-corrected chi connectivity index (χ2v) is 6.14. The zero-order chi connectivity index (χ0) is 17.5. The lowest BCUT2D eigenvalue weighted by Gasteiger charge is -2.07. The van der Waals surface area contributed by atoms with E-state index in [1.165, 1.54) is 6.08 Å². The Bertz CT molecular complexity index is 811. The monoisotopic (exact) mass is 404 g/mol. The van der Waals surface area contributed by atoms with Crippen molar-refractivity contribution in [3.63, 3.8) is 0 Å². The third kappa shape index (κ3) is 5.12. The number of nitriles is 1. The fourth-order valence-electron chi connectivity index (χ4n) is 1.96. The first-order valence-electron chi connectivity index (χ1n) is 7.14. The predicted molar refractivity (Wildman–Crippen MR) is 99.0 cm³/mol. The molecule has 122 valence electrons. The number of nitrogens with one attached hydrogen (secondary N) is 1. The van der Waals surface area contributed by atoms with Gasteiger partial charge in [0.1, 0.15) is 17.4 Å². The molecule has 0 aliphatic rings. The zero-order valence-corrected chi connectivity index (χ0v) is 15.2. The quantitative estimate of drug-likeness (QED) is 0.559. The maximum absolute atomic E-state index is 12.3. The molecule has 0 aliphatic heterocycles. The lowest BCUT2D eigenvalue weighted by atomic mass is 10.1. The Morgan fingerprint density at radius 3 is 2.67 bits per heavy atom. The minimum Gasteiger partial charge on any atom is -0.494 e. The van der Waals surface area contributed by atoms with E-state index >= 15 is 0 Å². The number of hydrogen-bond donors (Lipinski definition) is 1. The lowest BCUT2D eigenvalue weighted by Crippen LogP contribution is -2.13. The molecule has 0 aliphatic carbocycles. The maximum atomic E-state index is 12.3. The van der Waals surface area contributed by atoms with Crippen molar-refractivity contribution in [3.8, 4) is 11.8 Å². The highest BCUT2D eigenvalue weighted by molar-refractivity contribution is 9.10. The van der Waals surface area contributed by atoms with Crippen molar-refractivity contribution < 1.29 is 9.53 Å². The van der Waals surface area contributed by atoms with E-state index in [-0.39, 0.29) is 5.57 Å². The predicted octanol–water partition coefficient (Wildman–Crippen LogP) is 5.05. The summed E-state index contributed by atoms with van der Waals surface area (Å²) in [6, 6.07) is 14.0. The smallest absolute Gasteiger partial charge is 0.266 e. The van der Waals surface area contributed by atoms with Crippen LogP contribution in [-0.2, 0) is 4.79 Å². The van der Waals surface area contributed by atoms with Crippen LogP contribution in [0.2, 0.25) is 5.02 Å². The van der Waals surface area contributed by atoms with E-state index in [2.05, 4.69) is 21.2 Å². The Hall–Kier alpha value is -2.29. The topological polar surface area (TPSA) is 62.1 Å². The number of nitrogens with zero attached hydrogens (tertiary/aromatic N) is 1. The van der Waals surface area contributed by atoms with Crippen LogP contribution in [0.4, 0.5) is 5.69 Å². The van der Waals surface area contributed by atoms with Gasteiger partial charge >= 0.3 is 0 Å². The second kappa shape index (κ2) is 8.53. The molecule has 2 rings (SSSR count). The highest BCUT2D eigenvalue weighted by atomic mass is 79.9. The molecule has 0 heterocycles. The molecule has 4 nitrogen and oxygen atoms in total. The van der Waals surface area contributed by atoms with Crippen LogP contribution in [0.15, 0.2) is 52.5 Å². The minimum atomic E-state index is -0.488. The van der Waals surface area contributed by atoms with Crippen LogP contribution in [0.1, 0.15) is 12.5 Å². The number of carbonyl (C=O) groups excluding carboxylic acids is 1. The number of carbonyl (C=O) groups is 1. The van der Waals surface area contributed by atoms with E-state index in [1.54, 1.807) is 36.4 Å². The fraction of sp³-hybridized carbons (Fsp3) is 0.111. The molecule has 0 atom stereocenters. The summed E-state index contributed by atoms with van der Waals surface area (Å²) in [5.41, 5.74) is 1.25. The first-order valence-corrected chi connectivity index (χ1v) is 8.31. The van der Waals surface area contributed by atoms with Gasteiger partial charge in [0, 0.05) is 15.2 Å². The summed E-state index contributed by atoms with van der Waals surface area (Å²) >= 11 is 9.20. The lowest BCUT2D eigenvalue weighted by molar-refractivity contribution is -0.112. The SMILES string of the molecule is CCOc1cc(Br)cc(/C=C(\C#N)C(=O)Nc2ccc(Cl)cc2)c1. The summed E-state index contributed by atoms with van der Waals surface area (Å²) in [6.45, 7) is 2.42. The highest BCUT2D eigenvalue weighted by Crippen LogP contribution is 2.23. The van der Waals surface area contributed by atoms with Crippen LogP contribution in [0.5, 0.6) is 5.75 Å². The Kier molecular flexibility index (Phi) is 6.42. The molecule has 0 saturated carbocycles. The largest absolute Gasteiger partial charge is 0.494 e. The van der Waals surface area contributed by atoms with Crippen LogP contribution in [0.25, 0.3) is 6.08 Å². The Balaban J connectivity index is 2.23. The number of benzene rings is 2. The third-order valence-electron chi connectivity index (χ3n) is 2.98. The summed E-state index contributed by atoms with van der Waals surface area (Å²) in [5.74, 6) is 0.172. The van der Waals surface area contributed by atoms with Crippen LogP contribution in [0, 0.1) is 11.3 Å². The molecule has 0 unspecified atom stereocenters. The number of amides is 1. The van der Waals surface area contributed by atoms with Crippen molar-refractivity contribution in [1.29, 1.82) is 5.26 Å². The van der Waals surface area contributed by atoms with Crippen molar-refractivity contribution in [3.05, 3.63) is 63.1 Å². The van der Waals surface area contributed by atoms with Gasteiger partial charge in [0.2, 0.25) is 0 Å². The first kappa shape index (κ1) is 18.1. The summed E-state index contributed by atoms with van der Waals surface area (Å²) < 4.78 is 6.26. The van der Waals surface area contributed by atoms with E-state index in [0.717, 1.165) is 4.47 Å². The van der Waals surface area contributed by atoms with E-state index in [4.69, 9.17) is 16.3 Å². The van der Waals surface area contributed by atoms with Crippen molar-refractivity contribution in [2.24, 2.45) is 0 Å². The number of anilines is 1. The molecule has 0 fully saturated rings. The summed E-state index contributed by atoms with van der Waals surface area (Å²) in [4.78, 5) is 12.3. The van der Waals surface area contributed by atoms with Crippen LogP contribution in [0.3, 0.4) is 0 Å². The van der Waals surface area contributed by atoms with E-state index in [0.29, 0.717) is 28.6 Å². The van der Waals surface area contributed by atoms with Gasteiger partial charge in [0.15, 0.2) is 0 Å². The van der Waals surface area contributed by atoms with Gasteiger partial charge in [-0.25, -0.2) is 0 Å². The summed E-state index contributed by atoms with van der Waals surface area (Å²) in [7, 11) is 0. The maximum Gasteiger partial charge on any atom is 0.266 e. The van der Waals surface area contributed by atoms with Crippen molar-refractivity contribution in [2.75, 3.05) is 11.9 Å². The third-order valence-corrected chi connectivity index (χ3v) is 3.69. The molecule has 1 amide bonds. The average Bonchev–Trinajstić information content (AvgIpc) is 2.54. The average molecular weight is 406 g/mol. The highest BCUT2D eigenvalue weighted by Gasteiger charge is 2.10. The standard InChI is InChI=1S/C18H14BrClN2O2/c1-2-24-17-9-12(8-14(19)10-17)7-13(11-21)18(23)22-16-5-3-15(20)4-6-16/h3-10H,2H2,1H3,(H,22,23)/b13-7+. The zero-order valence-electron chi connectivity index (χ0n) is 12.8. The van der Waals surface area contributed by atoms with Crippen LogP contribution in [-0.4, -0.2) is 12.5 Å². The van der Waals surface area contributed by atoms with E-state index in [1.807, 2.05) is 19.1 Å². The number of ether oxygens (including phenoxy) is 1. The fourth-order valence-corrected chi connectivity index (χ4v) is 2.58. The summed E-state index contributed by atoms with van der Waals surface area (Å²) in [5, 5.41) is 12.5. The molecule has 2 aromatic carbocycles. The Morgan fingerprint density at radius 1 is 1.33 bits per heavy atom. The van der Waals surface area contributed by atoms with Crippen LogP contribution < -0.4 is 10.1 Å². The molecule has 24 heavy (non-hydrogen) atoms. The van der Waals surface area contributed by atoms with Crippen LogP contribution >= 0.6 is 27.5 Å². The Morgan fingerprint density at radius 2 is 2.04 bits per heavy atom. The van der Waals surface area contributed by atoms with E-state index < -0.39 is 5.91 Å². The molecule has 0 aromatic heterocycles.